The molecule has 0 radical (unpaired) electrons. The van der Waals surface area contributed by atoms with Gasteiger partial charge in [-0.25, -0.2) is 0 Å². The average molecular weight is 284 g/mol. The molecular weight excluding hydrogens is 268 g/mol. The summed E-state index contributed by atoms with van der Waals surface area (Å²) in [4.78, 5) is 6.72. The molecule has 1 aliphatic rings. The lowest BCUT2D eigenvalue weighted by atomic mass is 10.1. The molecule has 0 atom stereocenters. The fourth-order valence-corrected chi connectivity index (χ4v) is 2.64. The van der Waals surface area contributed by atoms with Crippen LogP contribution in [0.4, 0.5) is 5.82 Å². The smallest absolute Gasteiger partial charge is 0.160 e. The molecule has 4 rings (SSSR count). The summed E-state index contributed by atoms with van der Waals surface area (Å²) in [7, 11) is 1.74. The first kappa shape index (κ1) is 12.3. The third kappa shape index (κ3) is 1.89. The minimum absolute atomic E-state index is 0.302. The third-order valence-electron chi connectivity index (χ3n) is 3.99. The number of aromatic nitrogens is 5. The maximum absolute atomic E-state index is 5.30. The predicted octanol–water partition coefficient (Wildman–Crippen LogP) is 1.49. The lowest BCUT2D eigenvalue weighted by Crippen LogP contribution is -2.52. The van der Waals surface area contributed by atoms with E-state index in [1.807, 2.05) is 19.2 Å². The summed E-state index contributed by atoms with van der Waals surface area (Å²) < 4.78 is 5.30. The molecule has 0 aliphatic carbocycles. The molecule has 1 aliphatic heterocycles. The summed E-state index contributed by atoms with van der Waals surface area (Å²) in [5.74, 6) is 0.943. The van der Waals surface area contributed by atoms with Gasteiger partial charge in [-0.2, -0.15) is 10.2 Å². The SMILES string of the molecule is COC1CN(c2n[nH]c3cc(-c4[nH]ncc4C)ncc23)C1. The van der Waals surface area contributed by atoms with Crippen molar-refractivity contribution in [3.63, 3.8) is 0 Å². The molecule has 0 unspecified atom stereocenters. The quantitative estimate of drug-likeness (QED) is 0.761. The van der Waals surface area contributed by atoms with E-state index >= 15 is 0 Å². The largest absolute Gasteiger partial charge is 0.378 e. The van der Waals surface area contributed by atoms with Gasteiger partial charge in [0.2, 0.25) is 0 Å². The first-order chi connectivity index (χ1) is 10.3. The van der Waals surface area contributed by atoms with Crippen LogP contribution >= 0.6 is 0 Å². The van der Waals surface area contributed by atoms with Crippen LogP contribution < -0.4 is 4.90 Å². The minimum Gasteiger partial charge on any atom is -0.378 e. The number of nitrogens with zero attached hydrogens (tertiary/aromatic N) is 4. The lowest BCUT2D eigenvalue weighted by Gasteiger charge is -2.38. The normalized spacial score (nSPS) is 15.6. The van der Waals surface area contributed by atoms with Crippen LogP contribution in [-0.2, 0) is 4.74 Å². The second-order valence-electron chi connectivity index (χ2n) is 5.35. The van der Waals surface area contributed by atoms with Gasteiger partial charge in [0, 0.05) is 26.4 Å². The summed E-state index contributed by atoms with van der Waals surface area (Å²) in [5, 5.41) is 15.5. The first-order valence-corrected chi connectivity index (χ1v) is 6.88. The molecule has 0 saturated carbocycles. The van der Waals surface area contributed by atoms with E-state index in [4.69, 9.17) is 4.74 Å². The first-order valence-electron chi connectivity index (χ1n) is 6.88. The van der Waals surface area contributed by atoms with Gasteiger partial charge in [0.05, 0.1) is 34.6 Å². The Morgan fingerprint density at radius 3 is 2.86 bits per heavy atom. The van der Waals surface area contributed by atoms with Gasteiger partial charge in [-0.1, -0.05) is 0 Å². The number of methoxy groups -OCH3 is 1. The molecular formula is C14H16N6O. The van der Waals surface area contributed by atoms with Gasteiger partial charge in [-0.05, 0) is 18.6 Å². The summed E-state index contributed by atoms with van der Waals surface area (Å²) in [6.07, 6.45) is 3.96. The number of pyridine rings is 1. The van der Waals surface area contributed by atoms with E-state index in [2.05, 4.69) is 30.3 Å². The number of fused-ring (bicyclic) bond motifs is 1. The highest BCUT2D eigenvalue weighted by Crippen LogP contribution is 2.30. The van der Waals surface area contributed by atoms with Crippen LogP contribution in [0.5, 0.6) is 0 Å². The summed E-state index contributed by atoms with van der Waals surface area (Å²) in [5.41, 5.74) is 3.86. The van der Waals surface area contributed by atoms with Crippen molar-refractivity contribution in [1.29, 1.82) is 0 Å². The number of hydrogen-bond acceptors (Lipinski definition) is 5. The van der Waals surface area contributed by atoms with Gasteiger partial charge in [0.25, 0.3) is 0 Å². The molecule has 108 valence electrons. The highest BCUT2D eigenvalue weighted by atomic mass is 16.5. The molecule has 3 aromatic rings. The third-order valence-corrected chi connectivity index (χ3v) is 3.99. The van der Waals surface area contributed by atoms with Crippen LogP contribution in [0.15, 0.2) is 18.5 Å². The number of H-pyrrole nitrogens is 2. The van der Waals surface area contributed by atoms with Gasteiger partial charge < -0.3 is 9.64 Å². The van der Waals surface area contributed by atoms with Gasteiger partial charge >= 0.3 is 0 Å². The van der Waals surface area contributed by atoms with E-state index < -0.39 is 0 Å². The highest BCUT2D eigenvalue weighted by Gasteiger charge is 2.29. The minimum atomic E-state index is 0.302. The number of hydrogen-bond donors (Lipinski definition) is 2. The number of nitrogens with one attached hydrogen (secondary N) is 2. The predicted molar refractivity (Wildman–Crippen MR) is 79.2 cm³/mol. The Bertz CT molecular complexity index is 786. The molecule has 21 heavy (non-hydrogen) atoms. The molecule has 1 saturated heterocycles. The van der Waals surface area contributed by atoms with Crippen molar-refractivity contribution in [2.45, 2.75) is 13.0 Å². The Labute approximate surface area is 121 Å². The second-order valence-corrected chi connectivity index (χ2v) is 5.35. The molecule has 0 aromatic carbocycles. The zero-order chi connectivity index (χ0) is 14.4. The van der Waals surface area contributed by atoms with Crippen molar-refractivity contribution in [3.8, 4) is 11.4 Å². The topological polar surface area (TPSA) is 82.7 Å². The summed E-state index contributed by atoms with van der Waals surface area (Å²) in [6.45, 7) is 3.75. The number of aromatic amines is 2. The summed E-state index contributed by atoms with van der Waals surface area (Å²) >= 11 is 0. The number of aryl methyl sites for hydroxylation is 1. The monoisotopic (exact) mass is 284 g/mol. The van der Waals surface area contributed by atoms with Crippen molar-refractivity contribution in [2.24, 2.45) is 0 Å². The molecule has 3 aromatic heterocycles. The van der Waals surface area contributed by atoms with Crippen LogP contribution in [0, 0.1) is 6.92 Å². The average Bonchev–Trinajstić information content (AvgIpc) is 3.04. The lowest BCUT2D eigenvalue weighted by molar-refractivity contribution is 0.0784. The van der Waals surface area contributed by atoms with E-state index in [-0.39, 0.29) is 0 Å². The Morgan fingerprint density at radius 1 is 1.29 bits per heavy atom. The zero-order valence-corrected chi connectivity index (χ0v) is 11.9. The van der Waals surface area contributed by atoms with Crippen LogP contribution in [0.2, 0.25) is 0 Å². The molecule has 7 heteroatoms. The van der Waals surface area contributed by atoms with Gasteiger partial charge in [-0.3, -0.25) is 15.2 Å². The van der Waals surface area contributed by atoms with Gasteiger partial charge in [0.1, 0.15) is 0 Å². The van der Waals surface area contributed by atoms with Crippen molar-refractivity contribution in [2.75, 3.05) is 25.1 Å². The van der Waals surface area contributed by atoms with Crippen molar-refractivity contribution in [1.82, 2.24) is 25.4 Å². The van der Waals surface area contributed by atoms with Crippen LogP contribution in [0.3, 0.4) is 0 Å². The standard InChI is InChI=1S/C14H16N6O/c1-8-4-16-18-13(8)12-3-11-10(5-15-12)14(19-17-11)20-6-9(7-20)21-2/h3-5,9H,6-7H2,1-2H3,(H,16,18)(H,17,19). The fourth-order valence-electron chi connectivity index (χ4n) is 2.64. The van der Waals surface area contributed by atoms with Crippen LogP contribution in [0.1, 0.15) is 5.56 Å². The zero-order valence-electron chi connectivity index (χ0n) is 11.9. The Kier molecular flexibility index (Phi) is 2.68. The Balaban J connectivity index is 1.70. The van der Waals surface area contributed by atoms with Crippen LogP contribution in [-0.4, -0.2) is 51.7 Å². The van der Waals surface area contributed by atoms with Gasteiger partial charge in [0.15, 0.2) is 5.82 Å². The van der Waals surface area contributed by atoms with E-state index in [9.17, 15) is 0 Å². The second kappa shape index (κ2) is 4.56. The van der Waals surface area contributed by atoms with E-state index in [0.717, 1.165) is 46.8 Å². The fraction of sp³-hybridized carbons (Fsp3) is 0.357. The van der Waals surface area contributed by atoms with Crippen molar-refractivity contribution < 1.29 is 4.74 Å². The molecule has 4 heterocycles. The molecule has 0 amide bonds. The van der Waals surface area contributed by atoms with Crippen molar-refractivity contribution in [3.05, 3.63) is 24.0 Å². The Morgan fingerprint density at radius 2 is 2.14 bits per heavy atom. The number of ether oxygens (including phenoxy) is 1. The van der Waals surface area contributed by atoms with E-state index in [1.54, 1.807) is 13.3 Å². The molecule has 2 N–H and O–H groups in total. The molecule has 0 bridgehead atoms. The summed E-state index contributed by atoms with van der Waals surface area (Å²) in [6, 6.07) is 2.00. The Hall–Kier alpha value is -2.41. The van der Waals surface area contributed by atoms with Gasteiger partial charge in [-0.15, -0.1) is 0 Å². The number of anilines is 1. The maximum Gasteiger partial charge on any atom is 0.160 e. The van der Waals surface area contributed by atoms with Crippen molar-refractivity contribution >= 4 is 16.7 Å². The maximum atomic E-state index is 5.30. The van der Waals surface area contributed by atoms with Crippen LogP contribution in [0.25, 0.3) is 22.3 Å². The highest BCUT2D eigenvalue weighted by molar-refractivity contribution is 5.91. The van der Waals surface area contributed by atoms with E-state index in [1.165, 1.54) is 0 Å². The molecule has 0 spiro atoms. The molecule has 1 fully saturated rings. The van der Waals surface area contributed by atoms with E-state index in [0.29, 0.717) is 6.10 Å². The number of rotatable bonds is 3. The molecule has 7 nitrogen and oxygen atoms in total.